The van der Waals surface area contributed by atoms with Gasteiger partial charge in [-0.2, -0.15) is 9.97 Å². The molecule has 0 amide bonds. The van der Waals surface area contributed by atoms with Crippen LogP contribution in [0.1, 0.15) is 0 Å². The fraction of sp³-hybridized carbons (Fsp3) is 0. The molecule has 0 aliphatic rings. The first-order chi connectivity index (χ1) is 36.7. The molecule has 0 radical (unpaired) electrons. The van der Waals surface area contributed by atoms with E-state index in [9.17, 15) is 0 Å². The van der Waals surface area contributed by atoms with Crippen LogP contribution in [0.25, 0.3) is 134 Å². The maximum atomic E-state index is 5.44. The van der Waals surface area contributed by atoms with Crippen molar-refractivity contribution in [2.45, 2.75) is 0 Å². The summed E-state index contributed by atoms with van der Waals surface area (Å²) < 4.78 is 4.60. The molecule has 0 spiro atoms. The van der Waals surface area contributed by atoms with Crippen molar-refractivity contribution in [2.24, 2.45) is 0 Å². The fourth-order valence-corrected chi connectivity index (χ4v) is 10.4. The second-order valence-corrected chi connectivity index (χ2v) is 18.3. The Kier molecular flexibility index (Phi) is 10.3. The van der Waals surface area contributed by atoms with Crippen LogP contribution in [0.4, 0.5) is 0 Å². The van der Waals surface area contributed by atoms with Crippen LogP contribution in [0.3, 0.4) is 0 Å². The van der Waals surface area contributed by atoms with Crippen LogP contribution in [0.15, 0.2) is 255 Å². The van der Waals surface area contributed by atoms with Gasteiger partial charge in [0.2, 0.25) is 5.95 Å². The summed E-state index contributed by atoms with van der Waals surface area (Å²) in [4.78, 5) is 31.5. The van der Waals surface area contributed by atoms with Gasteiger partial charge in [-0.1, -0.05) is 224 Å². The number of hydrogen-bond acceptors (Lipinski definition) is 6. The Bertz CT molecular complexity index is 4340. The maximum Gasteiger partial charge on any atom is 0.238 e. The van der Waals surface area contributed by atoms with E-state index in [1.165, 1.54) is 11.1 Å². The summed E-state index contributed by atoms with van der Waals surface area (Å²) in [6.07, 6.45) is 0. The van der Waals surface area contributed by atoms with Gasteiger partial charge in [-0.05, 0) is 52.6 Å². The molecule has 10 aromatic carbocycles. The summed E-state index contributed by atoms with van der Waals surface area (Å²) in [5.74, 6) is 3.42. The summed E-state index contributed by atoms with van der Waals surface area (Å²) in [6.45, 7) is 0. The minimum Gasteiger partial charge on any atom is -0.306 e. The number of fused-ring (bicyclic) bond motifs is 7. The lowest BCUT2D eigenvalue weighted by Crippen LogP contribution is -2.07. The summed E-state index contributed by atoms with van der Waals surface area (Å²) in [5.41, 5.74) is 13.9. The summed E-state index contributed by atoms with van der Waals surface area (Å²) in [6, 6.07) is 88.2. The van der Waals surface area contributed by atoms with Crippen LogP contribution in [0, 0.1) is 0 Å². The predicted octanol–water partition coefficient (Wildman–Crippen LogP) is 15.9. The van der Waals surface area contributed by atoms with Crippen LogP contribution in [-0.2, 0) is 0 Å². The summed E-state index contributed by atoms with van der Waals surface area (Å²) in [7, 11) is 0. The zero-order chi connectivity index (χ0) is 49.0. The normalized spacial score (nSPS) is 11.5. The first-order valence-electron chi connectivity index (χ1n) is 24.7. The van der Waals surface area contributed by atoms with E-state index >= 15 is 0 Å². The topological polar surface area (TPSA) is 87.2 Å². The Morgan fingerprint density at radius 2 is 0.595 bits per heavy atom. The number of benzene rings is 10. The van der Waals surface area contributed by atoms with Crippen molar-refractivity contribution in [3.05, 3.63) is 255 Å². The van der Waals surface area contributed by atoms with E-state index in [0.717, 1.165) is 88.2 Å². The first kappa shape index (κ1) is 42.7. The Balaban J connectivity index is 1.01. The molecule has 346 valence electrons. The highest BCUT2D eigenvalue weighted by molar-refractivity contribution is 6.24. The Labute approximate surface area is 426 Å². The van der Waals surface area contributed by atoms with Crippen LogP contribution < -0.4 is 0 Å². The van der Waals surface area contributed by atoms with E-state index in [-0.39, 0.29) is 0 Å². The molecular weight excluding hydrogens is 905 g/mol. The van der Waals surface area contributed by atoms with Crippen molar-refractivity contribution in [1.29, 1.82) is 0 Å². The van der Waals surface area contributed by atoms with Gasteiger partial charge in [0.05, 0.1) is 27.8 Å². The molecule has 14 rings (SSSR count). The number of nitrogens with zero attached hydrogens (tertiary/aromatic N) is 8. The number of hydrogen-bond donors (Lipinski definition) is 0. The zero-order valence-corrected chi connectivity index (χ0v) is 39.8. The smallest absolute Gasteiger partial charge is 0.238 e. The summed E-state index contributed by atoms with van der Waals surface area (Å²) in [5, 5.41) is 4.34. The van der Waals surface area contributed by atoms with Crippen molar-refractivity contribution in [3.63, 3.8) is 0 Å². The lowest BCUT2D eigenvalue weighted by Gasteiger charge is -2.16. The molecule has 0 unspecified atom stereocenters. The molecule has 0 bridgehead atoms. The van der Waals surface area contributed by atoms with Crippen LogP contribution in [-0.4, -0.2) is 39.0 Å². The largest absolute Gasteiger partial charge is 0.306 e. The molecule has 0 fully saturated rings. The first-order valence-corrected chi connectivity index (χ1v) is 24.7. The average molecular weight is 947 g/mol. The van der Waals surface area contributed by atoms with Gasteiger partial charge in [0.1, 0.15) is 0 Å². The zero-order valence-electron chi connectivity index (χ0n) is 39.8. The second kappa shape index (κ2) is 17.9. The molecule has 8 nitrogen and oxygen atoms in total. The van der Waals surface area contributed by atoms with Crippen LogP contribution >= 0.6 is 0 Å². The Hall–Kier alpha value is -10.2. The molecule has 0 N–H and O–H groups in total. The van der Waals surface area contributed by atoms with E-state index in [1.807, 2.05) is 84.9 Å². The van der Waals surface area contributed by atoms with Gasteiger partial charge in [-0.3, -0.25) is 4.57 Å². The number of rotatable bonds is 9. The third-order valence-electron chi connectivity index (χ3n) is 13.9. The van der Waals surface area contributed by atoms with E-state index in [4.69, 9.17) is 29.9 Å². The van der Waals surface area contributed by atoms with Crippen molar-refractivity contribution in [1.82, 2.24) is 39.0 Å². The van der Waals surface area contributed by atoms with E-state index in [0.29, 0.717) is 35.1 Å². The second-order valence-electron chi connectivity index (χ2n) is 18.3. The lowest BCUT2D eigenvalue weighted by atomic mass is 9.98. The molecule has 0 saturated carbocycles. The van der Waals surface area contributed by atoms with E-state index < -0.39 is 0 Å². The highest BCUT2D eigenvalue weighted by Gasteiger charge is 2.25. The number of para-hydroxylation sites is 3. The number of aromatic nitrogens is 8. The Morgan fingerprint density at radius 1 is 0.230 bits per heavy atom. The molecule has 8 heteroatoms. The van der Waals surface area contributed by atoms with Crippen LogP contribution in [0.5, 0.6) is 0 Å². The molecule has 14 aromatic rings. The third-order valence-corrected chi connectivity index (χ3v) is 13.9. The molecule has 0 saturated heterocycles. The van der Waals surface area contributed by atoms with Gasteiger partial charge in [0.25, 0.3) is 0 Å². The van der Waals surface area contributed by atoms with Gasteiger partial charge in [-0.25, -0.2) is 19.9 Å². The minimum absolute atomic E-state index is 0.509. The molecule has 0 aliphatic carbocycles. The average Bonchev–Trinajstić information content (AvgIpc) is 4.02. The standard InChI is InChI=1S/C66H42N8/c1-5-20-43(21-6-1)49-28-19-29-50(42-49)44-36-38-48(39-37-44)64-68-63(47-26-11-4-12-27-47)71-66(72-64)74-57-34-17-14-31-52(57)54-41-40-53-51-30-13-16-33-56(51)73(59(53)60(54)74)58-35-18-15-32-55(58)65-69-61(45-22-7-2-8-23-45)67-62(70-65)46-24-9-3-10-25-46/h1-42H. The van der Waals surface area contributed by atoms with Gasteiger partial charge in [0.15, 0.2) is 29.1 Å². The van der Waals surface area contributed by atoms with Crippen LogP contribution in [0.2, 0.25) is 0 Å². The molecule has 4 heterocycles. The minimum atomic E-state index is 0.509. The molecule has 0 atom stereocenters. The van der Waals surface area contributed by atoms with Gasteiger partial charge in [-0.15, -0.1) is 0 Å². The quantitative estimate of drug-likeness (QED) is 0.143. The SMILES string of the molecule is c1ccc(-c2cccc(-c3ccc(-c4nc(-c5ccccc5)nc(-n5c6ccccc6c6ccc7c8ccccc8n(-c8ccccc8-c8nc(-c9ccccc9)nc(-c9ccccc9)n8)c7c65)n4)cc3)c2)cc1. The molecule has 4 aromatic heterocycles. The van der Waals surface area contributed by atoms with Crippen molar-refractivity contribution in [3.8, 4) is 90.8 Å². The molecular formula is C66H42N8. The monoisotopic (exact) mass is 946 g/mol. The van der Waals surface area contributed by atoms with Crippen molar-refractivity contribution >= 4 is 43.6 Å². The van der Waals surface area contributed by atoms with E-state index in [1.54, 1.807) is 0 Å². The van der Waals surface area contributed by atoms with Gasteiger partial charge < -0.3 is 4.57 Å². The third kappa shape index (κ3) is 7.40. The lowest BCUT2D eigenvalue weighted by molar-refractivity contribution is 0.953. The van der Waals surface area contributed by atoms with Gasteiger partial charge >= 0.3 is 0 Å². The summed E-state index contributed by atoms with van der Waals surface area (Å²) >= 11 is 0. The molecule has 0 aliphatic heterocycles. The highest BCUT2D eigenvalue weighted by atomic mass is 15.2. The van der Waals surface area contributed by atoms with Gasteiger partial charge in [0, 0.05) is 49.4 Å². The predicted molar refractivity (Wildman–Crippen MR) is 300 cm³/mol. The van der Waals surface area contributed by atoms with Crippen molar-refractivity contribution in [2.75, 3.05) is 0 Å². The highest BCUT2D eigenvalue weighted by Crippen LogP contribution is 2.43. The maximum absolute atomic E-state index is 5.44. The molecule has 74 heavy (non-hydrogen) atoms. The fourth-order valence-electron chi connectivity index (χ4n) is 10.4. The van der Waals surface area contributed by atoms with E-state index in [2.05, 4.69) is 179 Å². The Morgan fingerprint density at radius 3 is 1.14 bits per heavy atom. The van der Waals surface area contributed by atoms with Crippen molar-refractivity contribution < 1.29 is 0 Å².